The molecule has 0 saturated heterocycles. The van der Waals surface area contributed by atoms with E-state index in [1.165, 1.54) is 25.7 Å². The van der Waals surface area contributed by atoms with Crippen molar-refractivity contribution in [2.45, 2.75) is 49.5 Å². The van der Waals surface area contributed by atoms with Crippen LogP contribution in [-0.2, 0) is 14.3 Å². The highest BCUT2D eigenvalue weighted by molar-refractivity contribution is 7.86. The lowest BCUT2D eigenvalue weighted by Crippen LogP contribution is -2.73. The monoisotopic (exact) mass is 558 g/mol. The predicted octanol–water partition coefficient (Wildman–Crippen LogP) is 5.32. The average Bonchev–Trinajstić information content (AvgIpc) is 3.75. The summed E-state index contributed by atoms with van der Waals surface area (Å²) < 4.78 is 40.2. The molecule has 11 rings (SSSR count). The summed E-state index contributed by atoms with van der Waals surface area (Å²) in [6, 6.07) is 17.1. The number of ether oxygens (including phenoxy) is 1. The van der Waals surface area contributed by atoms with Gasteiger partial charge in [0.15, 0.2) is 0 Å². The first-order valence-corrected chi connectivity index (χ1v) is 17.1. The number of aliphatic hydroxyl groups is 1. The molecule has 0 unspecified atom stereocenters. The molecule has 0 spiro atoms. The van der Waals surface area contributed by atoms with E-state index in [1.54, 1.807) is 12.1 Å². The summed E-state index contributed by atoms with van der Waals surface area (Å²) in [7, 11) is -3.93. The third-order valence-corrected chi connectivity index (χ3v) is 15.9. The zero-order valence-corrected chi connectivity index (χ0v) is 23.8. The molecule has 9 bridgehead atoms. The molecule has 9 fully saturated rings. The number of hydrogen-bond donors (Lipinski definition) is 1. The normalized spacial score (nSPS) is 52.8. The molecule has 0 amide bonds. The molecule has 0 aliphatic heterocycles. The average molecular weight is 559 g/mol. The van der Waals surface area contributed by atoms with Crippen molar-refractivity contribution in [1.29, 1.82) is 0 Å². The molecule has 9 aliphatic rings. The van der Waals surface area contributed by atoms with Crippen LogP contribution in [0.5, 0.6) is 5.75 Å². The molecule has 210 valence electrons. The molecule has 9 aliphatic carbocycles. The fraction of sp³-hybridized carbons (Fsp3) is 0.647. The highest BCUT2D eigenvalue weighted by Crippen LogP contribution is 2.98. The zero-order chi connectivity index (χ0) is 26.8. The van der Waals surface area contributed by atoms with Crippen molar-refractivity contribution in [1.82, 2.24) is 0 Å². The van der Waals surface area contributed by atoms with Crippen LogP contribution in [0.3, 0.4) is 0 Å². The SMILES string of the molecule is Cc1ccc(S(=O)(=O)OC[C@]23[C@@H]4[C@@H]5CC[C@@H]6[C@@H]5[C@@H]5[C@@H]4[C@H]4[C@@H]2[C@@H]2CCC[C@@H]2[C@@H]4[C@]5(COc2ccccc2)[C@@]63O)cc1. The molecule has 2 aromatic carbocycles. The van der Waals surface area contributed by atoms with E-state index in [1.807, 2.05) is 49.4 Å². The lowest BCUT2D eigenvalue weighted by atomic mass is 9.43. The Balaban J connectivity index is 1.14. The summed E-state index contributed by atoms with van der Waals surface area (Å²) in [5.74, 6) is 6.55. The van der Waals surface area contributed by atoms with Gasteiger partial charge in [-0.25, -0.2) is 0 Å². The smallest absolute Gasteiger partial charge is 0.296 e. The van der Waals surface area contributed by atoms with Crippen molar-refractivity contribution in [2.75, 3.05) is 13.2 Å². The molecular formula is C34H38O5S. The molecule has 14 atom stereocenters. The van der Waals surface area contributed by atoms with Gasteiger partial charge in [-0.1, -0.05) is 42.3 Å². The van der Waals surface area contributed by atoms with Gasteiger partial charge >= 0.3 is 0 Å². The summed E-state index contributed by atoms with van der Waals surface area (Å²) in [4.78, 5) is 0.223. The number of rotatable bonds is 7. The van der Waals surface area contributed by atoms with Gasteiger partial charge in [0.25, 0.3) is 10.1 Å². The lowest BCUT2D eigenvalue weighted by Gasteiger charge is -2.64. The van der Waals surface area contributed by atoms with E-state index in [9.17, 15) is 13.5 Å². The Hall–Kier alpha value is -1.89. The molecule has 2 aromatic rings. The van der Waals surface area contributed by atoms with Crippen LogP contribution in [0.1, 0.15) is 37.7 Å². The number of benzene rings is 2. The van der Waals surface area contributed by atoms with Crippen LogP contribution in [0.2, 0.25) is 0 Å². The maximum absolute atomic E-state index is 13.7. The largest absolute Gasteiger partial charge is 0.493 e. The first kappa shape index (κ1) is 23.6. The number of fused-ring (bicyclic) bond motifs is 1. The first-order chi connectivity index (χ1) is 19.4. The van der Waals surface area contributed by atoms with E-state index in [0.29, 0.717) is 65.8 Å². The van der Waals surface area contributed by atoms with E-state index in [4.69, 9.17) is 8.92 Å². The van der Waals surface area contributed by atoms with Crippen molar-refractivity contribution in [2.24, 2.45) is 75.9 Å². The molecule has 40 heavy (non-hydrogen) atoms. The highest BCUT2D eigenvalue weighted by Gasteiger charge is 3.00. The minimum absolute atomic E-state index is 0.136. The summed E-state index contributed by atoms with van der Waals surface area (Å²) >= 11 is 0. The summed E-state index contributed by atoms with van der Waals surface area (Å²) in [6.07, 6.45) is 6.01. The maximum Gasteiger partial charge on any atom is 0.296 e. The van der Waals surface area contributed by atoms with Crippen LogP contribution < -0.4 is 4.74 Å². The minimum atomic E-state index is -3.93. The second-order valence-electron chi connectivity index (χ2n) is 14.9. The Morgan fingerprint density at radius 1 is 0.775 bits per heavy atom. The molecule has 0 heterocycles. The predicted molar refractivity (Wildman–Crippen MR) is 148 cm³/mol. The Labute approximate surface area is 236 Å². The standard InChI is InChI=1S/C34H38O5S/c1-18-10-12-20(13-11-18)40(36,37)39-17-33-29-22-9-5-8-21(22)28-26(29)27-30(33)23-14-15-24-25(23)31(27)32(28,34(24,33)35)16-38-19-6-3-2-4-7-19/h2-4,6-7,10-13,21-31,35H,5,8-9,14-17H2,1H3/t21-,22+,23+,24+,25+,26+,27+,28-,29-,30+,31+,32-,33+,34-/m0/s1. The molecular weight excluding hydrogens is 520 g/mol. The van der Waals surface area contributed by atoms with Crippen LogP contribution >= 0.6 is 0 Å². The quantitative estimate of drug-likeness (QED) is 0.466. The van der Waals surface area contributed by atoms with Gasteiger partial charge in [0.1, 0.15) is 5.75 Å². The van der Waals surface area contributed by atoms with Gasteiger partial charge in [-0.2, -0.15) is 8.42 Å². The van der Waals surface area contributed by atoms with Crippen LogP contribution in [0.25, 0.3) is 0 Å². The van der Waals surface area contributed by atoms with Crippen molar-refractivity contribution in [3.05, 3.63) is 60.2 Å². The summed E-state index contributed by atoms with van der Waals surface area (Å²) in [5, 5.41) is 13.7. The van der Waals surface area contributed by atoms with Crippen LogP contribution in [0.15, 0.2) is 59.5 Å². The zero-order valence-electron chi connectivity index (χ0n) is 23.0. The molecule has 9 saturated carbocycles. The lowest BCUT2D eigenvalue weighted by molar-refractivity contribution is -0.279. The van der Waals surface area contributed by atoms with Gasteiger partial charge in [0, 0.05) is 10.8 Å². The Bertz CT molecular complexity index is 1520. The molecule has 0 aromatic heterocycles. The van der Waals surface area contributed by atoms with E-state index >= 15 is 0 Å². The fourth-order valence-electron chi connectivity index (χ4n) is 14.6. The van der Waals surface area contributed by atoms with Crippen molar-refractivity contribution in [3.63, 3.8) is 0 Å². The van der Waals surface area contributed by atoms with E-state index in [2.05, 4.69) is 0 Å². The van der Waals surface area contributed by atoms with E-state index in [0.717, 1.165) is 17.7 Å². The minimum Gasteiger partial charge on any atom is -0.493 e. The van der Waals surface area contributed by atoms with Crippen molar-refractivity contribution >= 4 is 10.1 Å². The number of hydrogen-bond acceptors (Lipinski definition) is 5. The summed E-state index contributed by atoms with van der Waals surface area (Å²) in [5.41, 5.74) is -0.684. The summed E-state index contributed by atoms with van der Waals surface area (Å²) in [6.45, 7) is 2.66. The topological polar surface area (TPSA) is 72.8 Å². The van der Waals surface area contributed by atoms with Gasteiger partial charge in [0.05, 0.1) is 23.7 Å². The van der Waals surface area contributed by atoms with Crippen LogP contribution in [-0.4, -0.2) is 32.3 Å². The van der Waals surface area contributed by atoms with Crippen molar-refractivity contribution < 1.29 is 22.4 Å². The molecule has 5 nitrogen and oxygen atoms in total. The molecule has 1 N–H and O–H groups in total. The van der Waals surface area contributed by atoms with E-state index < -0.39 is 21.1 Å². The second-order valence-corrected chi connectivity index (χ2v) is 16.5. The third kappa shape index (κ3) is 2.20. The van der Waals surface area contributed by atoms with Crippen LogP contribution in [0, 0.1) is 82.9 Å². The van der Waals surface area contributed by atoms with Crippen molar-refractivity contribution in [3.8, 4) is 5.75 Å². The maximum atomic E-state index is 13.7. The Morgan fingerprint density at radius 3 is 2.15 bits per heavy atom. The number of para-hydroxylation sites is 1. The Kier molecular flexibility index (Phi) is 4.24. The van der Waals surface area contributed by atoms with Gasteiger partial charge < -0.3 is 9.84 Å². The first-order valence-electron chi connectivity index (χ1n) is 15.7. The highest BCUT2D eigenvalue weighted by atomic mass is 32.2. The Morgan fingerprint density at radius 2 is 1.43 bits per heavy atom. The molecule has 0 radical (unpaired) electrons. The van der Waals surface area contributed by atoms with Gasteiger partial charge in [-0.15, -0.1) is 0 Å². The second kappa shape index (κ2) is 7.18. The number of aryl methyl sites for hydroxylation is 1. The van der Waals surface area contributed by atoms with E-state index in [-0.39, 0.29) is 22.8 Å². The fourth-order valence-corrected chi connectivity index (χ4v) is 15.6. The van der Waals surface area contributed by atoms with Crippen LogP contribution in [0.4, 0.5) is 0 Å². The van der Waals surface area contributed by atoms with Gasteiger partial charge in [0.2, 0.25) is 0 Å². The molecule has 6 heteroatoms. The van der Waals surface area contributed by atoms with Gasteiger partial charge in [-0.05, 0) is 122 Å². The third-order valence-electron chi connectivity index (χ3n) is 14.6. The van der Waals surface area contributed by atoms with Gasteiger partial charge in [-0.3, -0.25) is 4.18 Å².